The van der Waals surface area contributed by atoms with Gasteiger partial charge in [-0.1, -0.05) is 37.4 Å². The molecule has 2 saturated carbocycles. The lowest BCUT2D eigenvalue weighted by atomic mass is 9.79. The molecule has 4 fully saturated rings. The van der Waals surface area contributed by atoms with Crippen molar-refractivity contribution >= 4 is 17.4 Å². The third-order valence-corrected chi connectivity index (χ3v) is 9.51. The number of phenolic OH excluding ortho intramolecular Hbond substituents is 1. The molecular formula is C38H42FN3O9. The summed E-state index contributed by atoms with van der Waals surface area (Å²) in [5.74, 6) is 0.00251. The molecule has 4 aliphatic heterocycles. The van der Waals surface area contributed by atoms with E-state index in [4.69, 9.17) is 14.2 Å². The van der Waals surface area contributed by atoms with Crippen molar-refractivity contribution < 1.29 is 38.2 Å². The van der Waals surface area contributed by atoms with Gasteiger partial charge in [0.05, 0.1) is 23.9 Å². The Morgan fingerprint density at radius 1 is 0.961 bits per heavy atom. The molecule has 12 nitrogen and oxygen atoms in total. The van der Waals surface area contributed by atoms with Crippen LogP contribution in [0.15, 0.2) is 88.9 Å². The molecule has 1 aromatic carbocycles. The lowest BCUT2D eigenvalue weighted by Gasteiger charge is -2.37. The van der Waals surface area contributed by atoms with Crippen LogP contribution in [0, 0.1) is 16.0 Å². The summed E-state index contributed by atoms with van der Waals surface area (Å²) in [6.07, 6.45) is 5.80. The van der Waals surface area contributed by atoms with Crippen molar-refractivity contribution in [3.8, 4) is 16.9 Å². The number of nitro groups is 1. The number of phenols is 1. The number of pyridine rings is 1. The number of carbonyl (C=O) groups is 2. The highest BCUT2D eigenvalue weighted by Gasteiger charge is 2.43. The summed E-state index contributed by atoms with van der Waals surface area (Å²) >= 11 is 0. The molecule has 51 heavy (non-hydrogen) atoms. The Morgan fingerprint density at radius 3 is 2.47 bits per heavy atom. The Labute approximate surface area is 294 Å². The fourth-order valence-electron chi connectivity index (χ4n) is 6.79. The molecule has 1 aromatic rings. The molecule has 13 heteroatoms. The Morgan fingerprint density at radius 2 is 1.71 bits per heavy atom. The maximum atomic E-state index is 13.2. The van der Waals surface area contributed by atoms with Crippen LogP contribution in [0.25, 0.3) is 11.1 Å². The summed E-state index contributed by atoms with van der Waals surface area (Å²) in [7, 11) is 1.91. The molecule has 1 N–H and O–H groups in total. The number of rotatable bonds is 1. The molecule has 6 unspecified atom stereocenters. The zero-order chi connectivity index (χ0) is 36.8. The summed E-state index contributed by atoms with van der Waals surface area (Å²) in [5, 5.41) is 20.0. The lowest BCUT2D eigenvalue weighted by molar-refractivity contribution is -0.516. The van der Waals surface area contributed by atoms with Crippen LogP contribution in [0.5, 0.6) is 5.75 Å². The highest BCUT2D eigenvalue weighted by molar-refractivity contribution is 6.09. The molecule has 6 atom stereocenters. The second-order valence-electron chi connectivity index (χ2n) is 13.4. The van der Waals surface area contributed by atoms with Gasteiger partial charge in [-0.15, -0.1) is 0 Å². The predicted molar refractivity (Wildman–Crippen MR) is 187 cm³/mol. The number of fused-ring (bicyclic) bond motifs is 4. The van der Waals surface area contributed by atoms with Crippen molar-refractivity contribution in [2.45, 2.75) is 76.0 Å². The van der Waals surface area contributed by atoms with Crippen LogP contribution in [-0.4, -0.2) is 75.9 Å². The van der Waals surface area contributed by atoms with Crippen LogP contribution in [0.4, 0.5) is 4.39 Å². The molecule has 0 bridgehead atoms. The number of aliphatic imine (C=N–C) groups is 1. The number of carbonyl (C=O) groups excluding carboxylic acids is 2. The molecule has 4 heterocycles. The fraction of sp³-hybridized carbons (Fsp3) is 0.421. The highest BCUT2D eigenvalue weighted by Crippen LogP contribution is 2.36. The first kappa shape index (κ1) is 37.4. The molecule has 1 amide bonds. The van der Waals surface area contributed by atoms with E-state index in [2.05, 4.69) is 18.2 Å². The van der Waals surface area contributed by atoms with Gasteiger partial charge in [-0.2, -0.15) is 0 Å². The molecule has 3 aliphatic carbocycles. The van der Waals surface area contributed by atoms with Gasteiger partial charge in [0.25, 0.3) is 5.91 Å². The first-order valence-electron chi connectivity index (χ1n) is 16.7. The van der Waals surface area contributed by atoms with Crippen molar-refractivity contribution in [3.05, 3.63) is 111 Å². The monoisotopic (exact) mass is 703 g/mol. The number of aromatic nitrogens is 1. The number of Topliss-reactive ketones (excluding diaryl/α,β-unsaturated/α-hetero) is 1. The average Bonchev–Trinajstić information content (AvgIpc) is 3.53. The van der Waals surface area contributed by atoms with Crippen LogP contribution in [0.1, 0.15) is 54.9 Å². The van der Waals surface area contributed by atoms with E-state index in [0.29, 0.717) is 55.2 Å². The fourth-order valence-corrected chi connectivity index (χ4v) is 6.79. The first-order valence-corrected chi connectivity index (χ1v) is 16.7. The Kier molecular flexibility index (Phi) is 12.1. The minimum Gasteiger partial charge on any atom is -0.507 e. The molecule has 0 spiro atoms. The van der Waals surface area contributed by atoms with Crippen molar-refractivity contribution in [1.82, 2.24) is 4.57 Å². The maximum absolute atomic E-state index is 13.2. The molecule has 2 saturated heterocycles. The van der Waals surface area contributed by atoms with E-state index in [1.807, 2.05) is 49.1 Å². The number of allylic oxidation sites excluding steroid dienone is 1. The van der Waals surface area contributed by atoms with E-state index < -0.39 is 12.2 Å². The number of ketones is 1. The van der Waals surface area contributed by atoms with Gasteiger partial charge < -0.3 is 23.9 Å². The molecular weight excluding hydrogens is 661 g/mol. The summed E-state index contributed by atoms with van der Waals surface area (Å²) in [5.41, 5.74) is 5.15. The number of aryl methyl sites for hydroxylation is 1. The van der Waals surface area contributed by atoms with Crippen molar-refractivity contribution in [1.29, 1.82) is 0 Å². The van der Waals surface area contributed by atoms with E-state index >= 15 is 0 Å². The van der Waals surface area contributed by atoms with Crippen LogP contribution in [0.3, 0.4) is 0 Å². The number of aromatic hydroxyl groups is 1. The standard InChI is InChI=1S/C10H13FO2.C10H9NO2.C10H9NO.C8H11NO4/c1-6-2-7-3-8(12)5-13-10(7)4-9(6)11;1-6-5-7-3-2-4-8(12)9(7)10(13)11-6;1-11-6-5-8-3-2-4-10(12)9(8)7-11;1-5-2-7-8(13-4-12-7)3-6(5)9(10)11/h7,9-10H,1-5H2;2-4,12H,5H2,1H3;2-7H,1H3;6-8H,1-4H2. The van der Waals surface area contributed by atoms with Crippen molar-refractivity contribution in [2.75, 3.05) is 13.4 Å². The Bertz CT molecular complexity index is 1870. The van der Waals surface area contributed by atoms with Gasteiger partial charge in [-0.05, 0) is 59.7 Å². The number of benzene rings is 2. The number of amides is 1. The Hall–Kier alpha value is -4.85. The molecule has 0 aromatic heterocycles. The van der Waals surface area contributed by atoms with Gasteiger partial charge in [0.2, 0.25) is 6.04 Å². The average molecular weight is 704 g/mol. The Balaban J connectivity index is 0.000000132. The van der Waals surface area contributed by atoms with Gasteiger partial charge >= 0.3 is 0 Å². The van der Waals surface area contributed by atoms with Gasteiger partial charge in [-0.3, -0.25) is 24.5 Å². The zero-order valence-electron chi connectivity index (χ0n) is 28.7. The van der Waals surface area contributed by atoms with Gasteiger partial charge in [0.15, 0.2) is 11.2 Å². The number of nitrogens with zero attached hydrogens (tertiary/aromatic N) is 3. The molecule has 8 rings (SSSR count). The highest BCUT2D eigenvalue weighted by atomic mass is 19.1. The number of ether oxygens (including phenoxy) is 3. The first-order chi connectivity index (χ1) is 24.3. The third kappa shape index (κ3) is 9.29. The predicted octanol–water partition coefficient (Wildman–Crippen LogP) is 5.41. The second kappa shape index (κ2) is 16.4. The lowest BCUT2D eigenvalue weighted by Crippen LogP contribution is -2.40. The van der Waals surface area contributed by atoms with Crippen molar-refractivity contribution in [3.63, 3.8) is 0 Å². The largest absolute Gasteiger partial charge is 0.507 e. The second-order valence-corrected chi connectivity index (χ2v) is 13.4. The van der Waals surface area contributed by atoms with E-state index in [-0.39, 0.29) is 65.4 Å². The summed E-state index contributed by atoms with van der Waals surface area (Å²) in [4.78, 5) is 47.9. The smallest absolute Gasteiger partial charge is 0.280 e. The minimum atomic E-state index is -0.936. The van der Waals surface area contributed by atoms with Gasteiger partial charge in [0.1, 0.15) is 25.3 Å². The molecule has 270 valence electrons. The van der Waals surface area contributed by atoms with Crippen LogP contribution >= 0.6 is 0 Å². The summed E-state index contributed by atoms with van der Waals surface area (Å²) in [6, 6.07) is 11.7. The number of alkyl halides is 1. The minimum absolute atomic E-state index is 0.0105. The van der Waals surface area contributed by atoms with E-state index in [9.17, 15) is 34.0 Å². The van der Waals surface area contributed by atoms with E-state index in [1.54, 1.807) is 18.2 Å². The van der Waals surface area contributed by atoms with Crippen LogP contribution < -0.4 is 5.43 Å². The van der Waals surface area contributed by atoms with Gasteiger partial charge in [-0.25, -0.2) is 9.38 Å². The molecule has 0 radical (unpaired) electrons. The third-order valence-electron chi connectivity index (χ3n) is 9.51. The number of halogens is 1. The SMILES string of the molecule is C=C1CC2CC(=O)COC2CC1F.C=C1CC2OCOC2CC1[N+](=O)[O-].CC1=NC(=O)c2c(O)cccc2C1.Cn1ccc2cccc(=O)c-2c1. The quantitative estimate of drug-likeness (QED) is 0.199. The molecule has 7 aliphatic rings. The zero-order valence-corrected chi connectivity index (χ0v) is 28.7. The summed E-state index contributed by atoms with van der Waals surface area (Å²) < 4.78 is 30.8. The number of hydrogen-bond acceptors (Lipinski definition) is 9. The maximum Gasteiger partial charge on any atom is 0.280 e. The van der Waals surface area contributed by atoms with E-state index in [0.717, 1.165) is 22.4 Å². The van der Waals surface area contributed by atoms with Gasteiger partial charge in [0, 0.05) is 67.7 Å². The van der Waals surface area contributed by atoms with Crippen LogP contribution in [-0.2, 0) is 32.5 Å². The normalized spacial score (nSPS) is 26.5. The number of hydrogen-bond donors (Lipinski definition) is 1. The topological polar surface area (TPSA) is 160 Å². The van der Waals surface area contributed by atoms with E-state index in [1.165, 1.54) is 6.07 Å². The van der Waals surface area contributed by atoms with Crippen molar-refractivity contribution in [2.24, 2.45) is 18.0 Å². The summed E-state index contributed by atoms with van der Waals surface area (Å²) in [6.45, 7) is 9.60. The van der Waals surface area contributed by atoms with Crippen LogP contribution in [0.2, 0.25) is 0 Å².